The van der Waals surface area contributed by atoms with Crippen LogP contribution < -0.4 is 11.1 Å². The highest BCUT2D eigenvalue weighted by Crippen LogP contribution is 2.40. The highest BCUT2D eigenvalue weighted by molar-refractivity contribution is 9.10. The first-order valence-corrected chi connectivity index (χ1v) is 22.0. The van der Waals surface area contributed by atoms with Gasteiger partial charge in [0.25, 0.3) is 0 Å². The van der Waals surface area contributed by atoms with Crippen molar-refractivity contribution in [2.45, 2.75) is 77.7 Å². The molecule has 0 radical (unpaired) electrons. The van der Waals surface area contributed by atoms with Crippen LogP contribution >= 0.6 is 43.5 Å². The number of aliphatic hydroxyl groups excluding tert-OH is 2. The van der Waals surface area contributed by atoms with Gasteiger partial charge in [0.05, 0.1) is 72.5 Å². The average molecular weight is 985 g/mol. The van der Waals surface area contributed by atoms with Crippen LogP contribution in [0, 0.1) is 0 Å². The van der Waals surface area contributed by atoms with Gasteiger partial charge in [-0.25, -0.2) is 9.97 Å². The topological polar surface area (TPSA) is 218 Å². The van der Waals surface area contributed by atoms with Gasteiger partial charge in [-0.2, -0.15) is 20.2 Å². The van der Waals surface area contributed by atoms with Gasteiger partial charge >= 0.3 is 0 Å². The second kappa shape index (κ2) is 21.2. The highest BCUT2D eigenvalue weighted by atomic mass is 79.9. The van der Waals surface area contributed by atoms with E-state index in [4.69, 9.17) is 31.9 Å². The Kier molecular flexibility index (Phi) is 16.1. The van der Waals surface area contributed by atoms with E-state index in [2.05, 4.69) is 67.3 Å². The fourth-order valence-corrected chi connectivity index (χ4v) is 7.96. The van der Waals surface area contributed by atoms with E-state index in [9.17, 15) is 14.7 Å². The third-order valence-electron chi connectivity index (χ3n) is 9.88. The predicted molar refractivity (Wildman–Crippen MR) is 239 cm³/mol. The number of rotatable bonds is 14. The van der Waals surface area contributed by atoms with E-state index in [1.807, 2.05) is 62.6 Å². The first-order chi connectivity index (χ1) is 29.3. The molecule has 0 bridgehead atoms. The molecule has 16 nitrogen and oxygen atoms in total. The lowest BCUT2D eigenvalue weighted by Crippen LogP contribution is -2.18. The maximum absolute atomic E-state index is 13.0. The summed E-state index contributed by atoms with van der Waals surface area (Å²) in [4.78, 5) is 43.6. The zero-order valence-electron chi connectivity index (χ0n) is 34.3. The molecule has 0 amide bonds. The molecule has 19 heteroatoms. The molecule has 4 atom stereocenters. The van der Waals surface area contributed by atoms with Crippen LogP contribution in [0.15, 0.2) is 57.7 Å². The molecule has 0 fully saturated rings. The van der Waals surface area contributed by atoms with Gasteiger partial charge in [-0.3, -0.25) is 19.0 Å². The molecule has 0 spiro atoms. The maximum Gasteiger partial charge on any atom is 0.225 e. The number of hydrogen-bond donors (Lipinski definition) is 4. The van der Waals surface area contributed by atoms with Crippen LogP contribution in [0.2, 0.25) is 5.28 Å². The van der Waals surface area contributed by atoms with Crippen molar-refractivity contribution < 1.29 is 29.3 Å². The van der Waals surface area contributed by atoms with Crippen molar-refractivity contribution in [3.8, 4) is 0 Å². The monoisotopic (exact) mass is 982 g/mol. The highest BCUT2D eigenvalue weighted by Gasteiger charge is 2.36. The molecule has 2 aromatic carbocycles. The van der Waals surface area contributed by atoms with Gasteiger partial charge in [-0.1, -0.05) is 44.0 Å². The molecule has 2 aliphatic carbocycles. The zero-order valence-corrected chi connectivity index (χ0v) is 38.2. The summed E-state index contributed by atoms with van der Waals surface area (Å²) in [7, 11) is 0. The summed E-state index contributed by atoms with van der Waals surface area (Å²) in [6, 6.07) is 11.8. The van der Waals surface area contributed by atoms with Crippen LogP contribution in [0.5, 0.6) is 0 Å². The fourth-order valence-electron chi connectivity index (χ4n) is 7.03. The molecule has 0 saturated heterocycles. The van der Waals surface area contributed by atoms with Crippen molar-refractivity contribution in [3.05, 3.63) is 96.7 Å². The summed E-state index contributed by atoms with van der Waals surface area (Å²) >= 11 is 13.1. The lowest BCUT2D eigenvalue weighted by atomic mass is 9.95. The Balaban J connectivity index is 0.000000185. The number of nitrogens with two attached hydrogens (primary N) is 1. The zero-order chi connectivity index (χ0) is 43.8. The van der Waals surface area contributed by atoms with Crippen molar-refractivity contribution in [3.63, 3.8) is 0 Å². The lowest BCUT2D eigenvalue weighted by Gasteiger charge is -2.14. The second-order valence-electron chi connectivity index (χ2n) is 14.6. The van der Waals surface area contributed by atoms with E-state index in [1.54, 1.807) is 23.2 Å². The quantitative estimate of drug-likeness (QED) is 0.0779. The number of benzene rings is 2. The number of carbonyl (C=O) groups is 2. The van der Waals surface area contributed by atoms with Crippen LogP contribution in [0.4, 0.5) is 5.95 Å². The number of hydrogen-bond acceptors (Lipinski definition) is 14. The van der Waals surface area contributed by atoms with Crippen LogP contribution in [0.1, 0.15) is 73.2 Å². The maximum atomic E-state index is 13.0. The number of halogens is 3. The smallest absolute Gasteiger partial charge is 0.225 e. The third kappa shape index (κ3) is 11.4. The summed E-state index contributed by atoms with van der Waals surface area (Å²) in [5.74, 6) is -0.359. The largest absolute Gasteiger partial charge is 0.392 e. The molecular weight excluding hydrogens is 936 g/mol. The standard InChI is InChI=1S/C21H24BrN5O3.C18H16BrClN4O2.C3H9NO/c1-3-30-7-6-27-11-16-19(24-21(23-10-12(2)28)25-20(16)26-27)18-15-9-14(22)5-4-13(15)8-17(18)29;1-2-26-6-5-24-9-13-16(21-18(20)22-17(13)23-24)15-12-8-11(19)4-3-10(12)7-14(15)25;1-3(5)2-4/h4-5,9,11-12,18,28H,3,6-8,10H2,1-2H3,(H,23,25,26);3-4,8-9,15H,2,5-7H2,1H3;3,5H,2,4H2,1H3/t12-,18?;;3-/m0.0/s1. The van der Waals surface area contributed by atoms with Crippen molar-refractivity contribution >= 4 is 83.0 Å². The first kappa shape index (κ1) is 46.2. The number of aliphatic hydroxyl groups is 2. The van der Waals surface area contributed by atoms with Crippen molar-refractivity contribution in [1.29, 1.82) is 0 Å². The summed E-state index contributed by atoms with van der Waals surface area (Å²) in [5.41, 5.74) is 11.1. The Morgan fingerprint density at radius 2 is 1.26 bits per heavy atom. The van der Waals surface area contributed by atoms with Crippen LogP contribution in [0.25, 0.3) is 22.1 Å². The van der Waals surface area contributed by atoms with Gasteiger partial charge in [0.15, 0.2) is 22.9 Å². The number of Topliss-reactive ketones (excluding diaryl/α,β-unsaturated/α-hetero) is 2. The van der Waals surface area contributed by atoms with Gasteiger partial charge in [-0.15, -0.1) is 0 Å². The Bertz CT molecular complexity index is 2500. The summed E-state index contributed by atoms with van der Waals surface area (Å²) in [6.45, 7) is 11.5. The molecule has 61 heavy (non-hydrogen) atoms. The Morgan fingerprint density at radius 1 is 0.787 bits per heavy atom. The molecule has 0 saturated carbocycles. The van der Waals surface area contributed by atoms with Crippen LogP contribution in [0.3, 0.4) is 0 Å². The molecular formula is C42H49Br2ClN10O6. The normalized spacial score (nSPS) is 16.5. The van der Waals surface area contributed by atoms with E-state index in [-0.39, 0.29) is 23.0 Å². The number of anilines is 1. The summed E-state index contributed by atoms with van der Waals surface area (Å²) in [6.07, 6.45) is 3.63. The number of ether oxygens (including phenoxy) is 2. The second-order valence-corrected chi connectivity index (χ2v) is 16.8. The Labute approximate surface area is 374 Å². The molecule has 324 valence electrons. The Hall–Kier alpha value is -4.27. The van der Waals surface area contributed by atoms with Gasteiger partial charge < -0.3 is 30.7 Å². The SMILES string of the molecule is CCOCCn1cc2c(C3C(=O)Cc4ccc(Br)cc43)nc(Cl)nc2n1.CCOCCn1cc2c(C3C(=O)Cc4ccc(Br)cc43)nc(NC[C@H](C)O)nc2n1.C[C@H](O)CN. The average Bonchev–Trinajstić information content (AvgIpc) is 3.99. The minimum absolute atomic E-state index is 0.0961. The third-order valence-corrected chi connectivity index (χ3v) is 11.0. The number of aromatic nitrogens is 8. The Morgan fingerprint density at radius 3 is 1.72 bits per heavy atom. The van der Waals surface area contributed by atoms with Gasteiger partial charge in [0.1, 0.15) is 0 Å². The molecule has 2 unspecified atom stereocenters. The number of ketones is 2. The molecule has 4 aromatic heterocycles. The van der Waals surface area contributed by atoms with Crippen LogP contribution in [-0.2, 0) is 45.0 Å². The van der Waals surface area contributed by atoms with Crippen molar-refractivity contribution in [2.24, 2.45) is 5.73 Å². The van der Waals surface area contributed by atoms with E-state index in [1.165, 1.54) is 0 Å². The number of nitrogens with one attached hydrogen (secondary N) is 1. The van der Waals surface area contributed by atoms with Gasteiger partial charge in [-0.05, 0) is 85.8 Å². The molecule has 4 heterocycles. The minimum atomic E-state index is -0.554. The molecule has 5 N–H and O–H groups in total. The van der Waals surface area contributed by atoms with Gasteiger partial charge in [0.2, 0.25) is 11.2 Å². The van der Waals surface area contributed by atoms with Gasteiger partial charge in [0, 0.05) is 60.5 Å². The van der Waals surface area contributed by atoms with Crippen molar-refractivity contribution in [1.82, 2.24) is 39.5 Å². The lowest BCUT2D eigenvalue weighted by molar-refractivity contribution is -0.119. The molecule has 0 aliphatic heterocycles. The number of carbonyl (C=O) groups excluding carboxylic acids is 2. The number of fused-ring (bicyclic) bond motifs is 4. The molecule has 6 aromatic rings. The van der Waals surface area contributed by atoms with Crippen molar-refractivity contribution in [2.75, 3.05) is 44.8 Å². The van der Waals surface area contributed by atoms with Crippen LogP contribution in [-0.4, -0.2) is 113 Å². The van der Waals surface area contributed by atoms with E-state index in [0.717, 1.165) is 42.0 Å². The first-order valence-electron chi connectivity index (χ1n) is 20.0. The number of nitrogens with zero attached hydrogens (tertiary/aromatic N) is 8. The van der Waals surface area contributed by atoms with E-state index >= 15 is 0 Å². The van der Waals surface area contributed by atoms with E-state index < -0.39 is 17.9 Å². The van der Waals surface area contributed by atoms with E-state index in [0.29, 0.717) is 94.1 Å². The summed E-state index contributed by atoms with van der Waals surface area (Å²) < 4.78 is 16.2. The molecule has 8 rings (SSSR count). The fraction of sp³-hybridized carbons (Fsp3) is 0.429. The minimum Gasteiger partial charge on any atom is -0.392 e. The summed E-state index contributed by atoms with van der Waals surface area (Å²) in [5, 5.41) is 31.5. The molecule has 2 aliphatic rings. The predicted octanol–water partition coefficient (Wildman–Crippen LogP) is 5.54.